The van der Waals surface area contributed by atoms with Gasteiger partial charge >= 0.3 is 5.97 Å². The minimum Gasteiger partial charge on any atom is -0.478 e. The molecule has 2 aromatic carbocycles. The lowest BCUT2D eigenvalue weighted by atomic mass is 10.0. The van der Waals surface area contributed by atoms with E-state index in [2.05, 4.69) is 10.3 Å². The molecule has 116 valence electrons. The number of rotatable bonds is 5. The van der Waals surface area contributed by atoms with Crippen LogP contribution in [0.2, 0.25) is 4.47 Å². The van der Waals surface area contributed by atoms with Crippen molar-refractivity contribution in [3.05, 3.63) is 69.6 Å². The van der Waals surface area contributed by atoms with Gasteiger partial charge < -0.3 is 10.4 Å². The lowest BCUT2D eigenvalue weighted by molar-refractivity contribution is 0.0697. The third kappa shape index (κ3) is 3.88. The highest BCUT2D eigenvalue weighted by molar-refractivity contribution is 7.15. The standard InChI is InChI=1S/C17H13ClN2O2S/c18-17-20-10-15(23-17)9-19-14-3-1-2-13(8-14)11-4-6-12(7-5-11)16(21)22/h1-8,10,19H,9H2,(H,21,22). The Hall–Kier alpha value is -2.37. The molecule has 0 bridgehead atoms. The minimum atomic E-state index is -0.921. The van der Waals surface area contributed by atoms with Crippen molar-refractivity contribution >= 4 is 34.6 Å². The van der Waals surface area contributed by atoms with Gasteiger partial charge in [0.05, 0.1) is 12.1 Å². The van der Waals surface area contributed by atoms with Gasteiger partial charge in [-0.25, -0.2) is 9.78 Å². The van der Waals surface area contributed by atoms with Crippen molar-refractivity contribution in [1.29, 1.82) is 0 Å². The number of hydrogen-bond donors (Lipinski definition) is 2. The van der Waals surface area contributed by atoms with Crippen molar-refractivity contribution in [2.45, 2.75) is 6.54 Å². The fraction of sp³-hybridized carbons (Fsp3) is 0.0588. The Balaban J connectivity index is 1.75. The summed E-state index contributed by atoms with van der Waals surface area (Å²) >= 11 is 7.27. The van der Waals surface area contributed by atoms with Crippen LogP contribution in [0.4, 0.5) is 5.69 Å². The molecule has 3 rings (SSSR count). The summed E-state index contributed by atoms with van der Waals surface area (Å²) in [6, 6.07) is 14.8. The van der Waals surface area contributed by atoms with Gasteiger partial charge in [0.15, 0.2) is 4.47 Å². The predicted molar refractivity (Wildman–Crippen MR) is 93.3 cm³/mol. The van der Waals surface area contributed by atoms with Crippen molar-refractivity contribution in [3.8, 4) is 11.1 Å². The number of nitrogens with one attached hydrogen (secondary N) is 1. The molecule has 0 saturated carbocycles. The Bertz CT molecular complexity index is 831. The van der Waals surface area contributed by atoms with Crippen molar-refractivity contribution in [2.75, 3.05) is 5.32 Å². The van der Waals surface area contributed by atoms with Crippen LogP contribution in [0.15, 0.2) is 54.7 Å². The van der Waals surface area contributed by atoms with E-state index < -0.39 is 5.97 Å². The first-order valence-corrected chi connectivity index (χ1v) is 8.09. The zero-order valence-electron chi connectivity index (χ0n) is 12.0. The van der Waals surface area contributed by atoms with E-state index >= 15 is 0 Å². The summed E-state index contributed by atoms with van der Waals surface area (Å²) in [6.45, 7) is 0.659. The predicted octanol–water partition coefficient (Wildman–Crippen LogP) is 4.77. The lowest BCUT2D eigenvalue weighted by Crippen LogP contribution is -1.97. The van der Waals surface area contributed by atoms with Crippen LogP contribution in [0.5, 0.6) is 0 Å². The van der Waals surface area contributed by atoms with Crippen LogP contribution in [-0.2, 0) is 6.54 Å². The molecule has 0 aliphatic carbocycles. The van der Waals surface area contributed by atoms with Crippen molar-refractivity contribution in [3.63, 3.8) is 0 Å². The van der Waals surface area contributed by atoms with Gasteiger partial charge in [0.2, 0.25) is 0 Å². The number of aromatic carboxylic acids is 1. The monoisotopic (exact) mass is 344 g/mol. The smallest absolute Gasteiger partial charge is 0.335 e. The van der Waals surface area contributed by atoms with Crippen LogP contribution < -0.4 is 5.32 Å². The zero-order chi connectivity index (χ0) is 16.2. The third-order valence-electron chi connectivity index (χ3n) is 3.32. The van der Waals surface area contributed by atoms with Crippen LogP contribution in [0.25, 0.3) is 11.1 Å². The molecule has 2 N–H and O–H groups in total. The largest absolute Gasteiger partial charge is 0.478 e. The van der Waals surface area contributed by atoms with E-state index in [1.165, 1.54) is 11.3 Å². The van der Waals surface area contributed by atoms with E-state index in [0.29, 0.717) is 11.0 Å². The second-order valence-corrected chi connectivity index (χ2v) is 6.59. The average molecular weight is 345 g/mol. The summed E-state index contributed by atoms with van der Waals surface area (Å²) in [6.07, 6.45) is 1.76. The van der Waals surface area contributed by atoms with Crippen molar-refractivity contribution < 1.29 is 9.90 Å². The molecule has 0 amide bonds. The summed E-state index contributed by atoms with van der Waals surface area (Å²) < 4.78 is 0.536. The fourth-order valence-corrected chi connectivity index (χ4v) is 3.09. The van der Waals surface area contributed by atoms with Crippen LogP contribution in [0.1, 0.15) is 15.2 Å². The summed E-state index contributed by atoms with van der Waals surface area (Å²) in [4.78, 5) is 16.0. The van der Waals surface area contributed by atoms with Gasteiger partial charge in [-0.3, -0.25) is 0 Å². The molecule has 0 spiro atoms. The second-order valence-electron chi connectivity index (χ2n) is 4.90. The van der Waals surface area contributed by atoms with E-state index in [4.69, 9.17) is 16.7 Å². The van der Waals surface area contributed by atoms with E-state index in [9.17, 15) is 4.79 Å². The fourth-order valence-electron chi connectivity index (χ4n) is 2.17. The topological polar surface area (TPSA) is 62.2 Å². The Kier molecular flexibility index (Phi) is 4.60. The molecular formula is C17H13ClN2O2S. The Morgan fingerprint density at radius 3 is 2.61 bits per heavy atom. The van der Waals surface area contributed by atoms with Gasteiger partial charge in [0, 0.05) is 16.8 Å². The number of aromatic nitrogens is 1. The van der Waals surface area contributed by atoms with Gasteiger partial charge in [-0.15, -0.1) is 11.3 Å². The normalized spacial score (nSPS) is 10.5. The Labute approximate surface area is 142 Å². The molecule has 0 atom stereocenters. The maximum absolute atomic E-state index is 10.9. The second kappa shape index (κ2) is 6.81. The number of carbonyl (C=O) groups is 1. The van der Waals surface area contributed by atoms with E-state index in [1.807, 2.05) is 36.4 Å². The molecule has 4 nitrogen and oxygen atoms in total. The van der Waals surface area contributed by atoms with E-state index in [0.717, 1.165) is 21.7 Å². The summed E-state index contributed by atoms with van der Waals surface area (Å²) in [5, 5.41) is 12.3. The van der Waals surface area contributed by atoms with E-state index in [-0.39, 0.29) is 5.56 Å². The van der Waals surface area contributed by atoms with Crippen molar-refractivity contribution in [2.24, 2.45) is 0 Å². The number of carboxylic acids is 1. The van der Waals surface area contributed by atoms with Gasteiger partial charge in [0.1, 0.15) is 0 Å². The summed E-state index contributed by atoms with van der Waals surface area (Å²) in [7, 11) is 0. The van der Waals surface area contributed by atoms with Crippen LogP contribution in [0.3, 0.4) is 0 Å². The Morgan fingerprint density at radius 2 is 1.96 bits per heavy atom. The SMILES string of the molecule is O=C(O)c1ccc(-c2cccc(NCc3cnc(Cl)s3)c2)cc1. The van der Waals surface area contributed by atoms with Gasteiger partial charge in [0.25, 0.3) is 0 Å². The van der Waals surface area contributed by atoms with Crippen LogP contribution in [-0.4, -0.2) is 16.1 Å². The first-order chi connectivity index (χ1) is 11.1. The van der Waals surface area contributed by atoms with Gasteiger partial charge in [-0.2, -0.15) is 0 Å². The molecule has 0 unspecified atom stereocenters. The number of thiazole rings is 1. The van der Waals surface area contributed by atoms with Gasteiger partial charge in [-0.1, -0.05) is 35.9 Å². The number of carboxylic acid groups (broad SMARTS) is 1. The third-order valence-corrected chi connectivity index (χ3v) is 4.43. The zero-order valence-corrected chi connectivity index (χ0v) is 13.6. The molecule has 0 fully saturated rings. The van der Waals surface area contributed by atoms with Crippen molar-refractivity contribution in [1.82, 2.24) is 4.98 Å². The molecule has 0 aliphatic rings. The van der Waals surface area contributed by atoms with E-state index in [1.54, 1.807) is 18.3 Å². The first kappa shape index (κ1) is 15.5. The molecule has 0 radical (unpaired) electrons. The molecule has 1 aromatic heterocycles. The lowest BCUT2D eigenvalue weighted by Gasteiger charge is -2.08. The molecule has 0 saturated heterocycles. The maximum atomic E-state index is 10.9. The number of anilines is 1. The van der Waals surface area contributed by atoms with Crippen LogP contribution >= 0.6 is 22.9 Å². The minimum absolute atomic E-state index is 0.283. The Morgan fingerprint density at radius 1 is 1.17 bits per heavy atom. The van der Waals surface area contributed by atoms with Gasteiger partial charge in [-0.05, 0) is 35.4 Å². The number of nitrogens with zero attached hydrogens (tertiary/aromatic N) is 1. The highest BCUT2D eigenvalue weighted by Gasteiger charge is 2.04. The molecule has 1 heterocycles. The highest BCUT2D eigenvalue weighted by atomic mass is 35.5. The average Bonchev–Trinajstić information content (AvgIpc) is 2.99. The molecule has 3 aromatic rings. The molecular weight excluding hydrogens is 332 g/mol. The quantitative estimate of drug-likeness (QED) is 0.699. The first-order valence-electron chi connectivity index (χ1n) is 6.90. The van der Waals surface area contributed by atoms with Crippen LogP contribution in [0, 0.1) is 0 Å². The number of halogens is 1. The number of hydrogen-bond acceptors (Lipinski definition) is 4. The summed E-state index contributed by atoms with van der Waals surface area (Å²) in [5.41, 5.74) is 3.26. The molecule has 0 aliphatic heterocycles. The highest BCUT2D eigenvalue weighted by Crippen LogP contribution is 2.24. The maximum Gasteiger partial charge on any atom is 0.335 e. The molecule has 6 heteroatoms. The molecule has 23 heavy (non-hydrogen) atoms. The summed E-state index contributed by atoms with van der Waals surface area (Å²) in [5.74, 6) is -0.921. The number of benzene rings is 2.